The lowest BCUT2D eigenvalue weighted by Crippen LogP contribution is -2.30. The summed E-state index contributed by atoms with van der Waals surface area (Å²) in [6, 6.07) is 40.5. The average molecular weight is 1280 g/mol. The maximum absolute atomic E-state index is 12.4. The number of carbonyl (C=O) groups excluding carboxylic acids is 2. The van der Waals surface area contributed by atoms with Crippen LogP contribution in [0.1, 0.15) is 83.0 Å². The molecular formula is C77H94O16. The number of methoxy groups -OCH3 is 6. The minimum atomic E-state index is -0.556. The van der Waals surface area contributed by atoms with Gasteiger partial charge in [-0.2, -0.15) is 0 Å². The normalized spacial score (nSPS) is 14.0. The summed E-state index contributed by atoms with van der Waals surface area (Å²) in [7, 11) is 10.1. The fraction of sp³-hybridized carbons (Fsp3) is 0.455. The van der Waals surface area contributed by atoms with Crippen LogP contribution >= 0.6 is 0 Å². The highest BCUT2D eigenvalue weighted by Gasteiger charge is 2.47. The van der Waals surface area contributed by atoms with Crippen molar-refractivity contribution in [2.24, 2.45) is 0 Å². The molecule has 3 aliphatic rings. The number of benzene rings is 6. The van der Waals surface area contributed by atoms with Crippen LogP contribution in [0.5, 0.6) is 0 Å². The molecule has 0 spiro atoms. The third-order valence-electron chi connectivity index (χ3n) is 18.6. The first-order chi connectivity index (χ1) is 45.6. The van der Waals surface area contributed by atoms with Crippen LogP contribution in [0.25, 0.3) is 55.6 Å². The second-order valence-electron chi connectivity index (χ2n) is 23.8. The number of rotatable bonds is 44. The smallest absolute Gasteiger partial charge is 0.330 e. The van der Waals surface area contributed by atoms with Crippen LogP contribution in [0.4, 0.5) is 0 Å². The molecule has 0 fully saturated rings. The summed E-state index contributed by atoms with van der Waals surface area (Å²) in [6.07, 6.45) is 6.41. The van der Waals surface area contributed by atoms with Gasteiger partial charge in [-0.3, -0.25) is 0 Å². The molecule has 16 nitrogen and oxygen atoms in total. The van der Waals surface area contributed by atoms with Gasteiger partial charge in [0.1, 0.15) is 13.2 Å². The highest BCUT2D eigenvalue weighted by molar-refractivity contribution is 5.90. The van der Waals surface area contributed by atoms with Gasteiger partial charge in [0.25, 0.3) is 0 Å². The summed E-state index contributed by atoms with van der Waals surface area (Å²) < 4.78 is 81.9. The Morgan fingerprint density at radius 1 is 0.301 bits per heavy atom. The molecule has 0 saturated heterocycles. The van der Waals surface area contributed by atoms with Gasteiger partial charge in [0.2, 0.25) is 0 Å². The molecule has 0 unspecified atom stereocenters. The summed E-state index contributed by atoms with van der Waals surface area (Å²) in [6.45, 7) is 16.0. The number of hydrogen-bond donors (Lipinski definition) is 0. The summed E-state index contributed by atoms with van der Waals surface area (Å²) >= 11 is 0. The molecule has 498 valence electrons. The molecule has 0 N–H and O–H groups in total. The van der Waals surface area contributed by atoms with Gasteiger partial charge < -0.3 is 66.3 Å². The van der Waals surface area contributed by atoms with Gasteiger partial charge >= 0.3 is 11.9 Å². The maximum atomic E-state index is 12.4. The van der Waals surface area contributed by atoms with Gasteiger partial charge in [0, 0.05) is 111 Å². The Kier molecular flexibility index (Phi) is 26.7. The van der Waals surface area contributed by atoms with Crippen LogP contribution in [0, 0.1) is 0 Å². The Morgan fingerprint density at radius 3 is 0.731 bits per heavy atom. The molecule has 6 aromatic carbocycles. The van der Waals surface area contributed by atoms with Crippen molar-refractivity contribution in [1.82, 2.24) is 0 Å². The van der Waals surface area contributed by atoms with Gasteiger partial charge in [0.15, 0.2) is 0 Å². The topological polar surface area (TPSA) is 163 Å². The van der Waals surface area contributed by atoms with E-state index in [0.29, 0.717) is 157 Å². The third kappa shape index (κ3) is 16.5. The van der Waals surface area contributed by atoms with Gasteiger partial charge in [0.05, 0.1) is 79.3 Å². The molecule has 0 aliphatic heterocycles. The monoisotopic (exact) mass is 1270 g/mol. The van der Waals surface area contributed by atoms with Crippen molar-refractivity contribution in [3.63, 3.8) is 0 Å². The second kappa shape index (κ2) is 35.1. The van der Waals surface area contributed by atoms with Crippen LogP contribution in [-0.2, 0) is 105 Å². The maximum Gasteiger partial charge on any atom is 0.330 e. The Hall–Kier alpha value is -6.74. The number of carbonyl (C=O) groups is 2. The Labute approximate surface area is 549 Å². The standard InChI is InChI=1S/C77H94O16/c1-9-73(78)92-53-55-11-17-61-63-19-13-57(49-69(63)75(67(61)47-55,23-29-86-41-35-80-3)24-30-87-42-36-81-4)59-15-21-65-66-22-16-60(52-72(66)77(71(65)51-59,27-33-90-45-39-84-7)28-34-91-46-40-85-8)58-14-20-64-62-18-12-56(54-93-74(79)10-2)48-68(62)76(70(64)50-58,25-31-88-43-37-82-5)26-32-89-44-38-83-6/h9-22,47-52H,1-2,23-46,53-54H2,3-8H3. The van der Waals surface area contributed by atoms with Crippen molar-refractivity contribution in [1.29, 1.82) is 0 Å². The number of hydrogen-bond acceptors (Lipinski definition) is 16. The fourth-order valence-electron chi connectivity index (χ4n) is 13.8. The van der Waals surface area contributed by atoms with Gasteiger partial charge in [-0.05, 0) is 163 Å². The molecule has 6 aromatic rings. The molecular weight excluding hydrogens is 1180 g/mol. The molecule has 0 bridgehead atoms. The molecule has 0 atom stereocenters. The van der Waals surface area contributed by atoms with Crippen molar-refractivity contribution in [2.45, 2.75) is 68.0 Å². The quantitative estimate of drug-likeness (QED) is 0.0201. The second-order valence-corrected chi connectivity index (χ2v) is 23.8. The summed E-state index contributed by atoms with van der Waals surface area (Å²) in [5.74, 6) is -0.952. The predicted molar refractivity (Wildman–Crippen MR) is 360 cm³/mol. The summed E-state index contributed by atoms with van der Waals surface area (Å²) in [4.78, 5) is 24.7. The van der Waals surface area contributed by atoms with Crippen molar-refractivity contribution in [3.05, 3.63) is 179 Å². The molecule has 0 heterocycles. The lowest BCUT2D eigenvalue weighted by Gasteiger charge is -2.34. The first-order valence-electron chi connectivity index (χ1n) is 32.4. The molecule has 0 radical (unpaired) electrons. The SMILES string of the molecule is C=CC(=O)OCc1ccc2c(c1)C(CCOCCOC)(CCOCCOC)c1cc(-c3ccc4c(c3)C(CCOCCOC)(CCOCCOC)c3cc(-c5ccc6c(c5)C(CCOCCOC)(CCOCCOC)c5cc(COC(=O)C=C)ccc5-6)ccc3-4)ccc1-2. The zero-order valence-electron chi connectivity index (χ0n) is 55.4. The zero-order chi connectivity index (χ0) is 65.5. The van der Waals surface area contributed by atoms with E-state index in [1.807, 2.05) is 12.1 Å². The average Bonchev–Trinajstić information content (AvgIpc) is 1.58. The van der Waals surface area contributed by atoms with Crippen LogP contribution in [0.3, 0.4) is 0 Å². The first-order valence-corrected chi connectivity index (χ1v) is 32.4. The lowest BCUT2D eigenvalue weighted by atomic mass is 9.71. The van der Waals surface area contributed by atoms with E-state index in [1.165, 1.54) is 45.5 Å². The molecule has 9 rings (SSSR count). The Balaban J connectivity index is 1.17. The Morgan fingerprint density at radius 2 is 0.516 bits per heavy atom. The van der Waals surface area contributed by atoms with Crippen molar-refractivity contribution < 1.29 is 75.9 Å². The van der Waals surface area contributed by atoms with Gasteiger partial charge in [-0.1, -0.05) is 98.1 Å². The van der Waals surface area contributed by atoms with E-state index < -0.39 is 28.2 Å². The Bertz CT molecular complexity index is 3190. The van der Waals surface area contributed by atoms with E-state index >= 15 is 0 Å². The minimum absolute atomic E-state index is 0.112. The predicted octanol–water partition coefficient (Wildman–Crippen LogP) is 12.6. The summed E-state index contributed by atoms with van der Waals surface area (Å²) in [5, 5.41) is 0. The van der Waals surface area contributed by atoms with E-state index in [9.17, 15) is 9.59 Å². The molecule has 0 saturated carbocycles. The van der Waals surface area contributed by atoms with Crippen LogP contribution in [0.15, 0.2) is 135 Å². The number of fused-ring (bicyclic) bond motifs is 9. The van der Waals surface area contributed by atoms with E-state index in [-0.39, 0.29) is 13.2 Å². The van der Waals surface area contributed by atoms with Crippen LogP contribution < -0.4 is 0 Å². The van der Waals surface area contributed by atoms with E-state index in [2.05, 4.69) is 110 Å². The number of ether oxygens (including phenoxy) is 14. The molecule has 93 heavy (non-hydrogen) atoms. The highest BCUT2D eigenvalue weighted by Crippen LogP contribution is 2.58. The van der Waals surface area contributed by atoms with Gasteiger partial charge in [-0.15, -0.1) is 0 Å². The molecule has 0 aromatic heterocycles. The third-order valence-corrected chi connectivity index (χ3v) is 18.6. The molecule has 3 aliphatic carbocycles. The van der Waals surface area contributed by atoms with Gasteiger partial charge in [-0.25, -0.2) is 9.59 Å². The molecule has 16 heteroatoms. The lowest BCUT2D eigenvalue weighted by molar-refractivity contribution is -0.139. The van der Waals surface area contributed by atoms with E-state index in [4.69, 9.17) is 66.3 Å². The zero-order valence-corrected chi connectivity index (χ0v) is 55.4. The van der Waals surface area contributed by atoms with Crippen LogP contribution in [-0.4, -0.2) is 174 Å². The first kappa shape index (κ1) is 70.6. The van der Waals surface area contributed by atoms with E-state index in [0.717, 1.165) is 66.8 Å². The fourth-order valence-corrected chi connectivity index (χ4v) is 13.8. The van der Waals surface area contributed by atoms with E-state index in [1.54, 1.807) is 42.7 Å². The highest BCUT2D eigenvalue weighted by atomic mass is 16.6. The number of esters is 2. The van der Waals surface area contributed by atoms with Crippen molar-refractivity contribution in [2.75, 3.05) is 162 Å². The molecule has 0 amide bonds. The van der Waals surface area contributed by atoms with Crippen LogP contribution in [0.2, 0.25) is 0 Å². The minimum Gasteiger partial charge on any atom is -0.458 e. The van der Waals surface area contributed by atoms with Crippen molar-refractivity contribution >= 4 is 11.9 Å². The largest absolute Gasteiger partial charge is 0.458 e. The van der Waals surface area contributed by atoms with Crippen molar-refractivity contribution in [3.8, 4) is 55.6 Å². The summed E-state index contributed by atoms with van der Waals surface area (Å²) in [5.41, 5.74) is 18.4.